The zero-order chi connectivity index (χ0) is 19.5. The van der Waals surface area contributed by atoms with Crippen molar-refractivity contribution in [3.63, 3.8) is 0 Å². The molecule has 140 valence electrons. The molecule has 0 saturated carbocycles. The number of hydrogen-bond acceptors (Lipinski definition) is 3. The van der Waals surface area contributed by atoms with Crippen LogP contribution in [-0.4, -0.2) is 15.3 Å². The highest BCUT2D eigenvalue weighted by Crippen LogP contribution is 2.17. The summed E-state index contributed by atoms with van der Waals surface area (Å²) < 4.78 is 20.7. The molecule has 2 aromatic carbocycles. The Bertz CT molecular complexity index is 1120. The molecular formula is C22H18FN3O2. The van der Waals surface area contributed by atoms with Gasteiger partial charge in [-0.15, -0.1) is 0 Å². The van der Waals surface area contributed by atoms with E-state index in [1.54, 1.807) is 24.3 Å². The lowest BCUT2D eigenvalue weighted by molar-refractivity contribution is 0.102. The average Bonchev–Trinajstić information content (AvgIpc) is 3.13. The van der Waals surface area contributed by atoms with Gasteiger partial charge < -0.3 is 14.5 Å². The molecule has 0 unspecified atom stereocenters. The summed E-state index contributed by atoms with van der Waals surface area (Å²) in [6, 6.07) is 16.5. The minimum atomic E-state index is -0.347. The molecule has 0 atom stereocenters. The Balaban J connectivity index is 1.39. The molecule has 0 spiro atoms. The number of nitrogens with zero attached hydrogens (tertiary/aromatic N) is 2. The van der Waals surface area contributed by atoms with Crippen molar-refractivity contribution >= 4 is 17.2 Å². The van der Waals surface area contributed by atoms with Crippen LogP contribution in [0.4, 0.5) is 10.1 Å². The van der Waals surface area contributed by atoms with Gasteiger partial charge in [0.25, 0.3) is 5.91 Å². The second-order valence-corrected chi connectivity index (χ2v) is 6.43. The third-order valence-corrected chi connectivity index (χ3v) is 4.33. The van der Waals surface area contributed by atoms with Gasteiger partial charge in [0, 0.05) is 23.6 Å². The van der Waals surface area contributed by atoms with Crippen molar-refractivity contribution in [1.29, 1.82) is 0 Å². The van der Waals surface area contributed by atoms with Crippen LogP contribution in [0.3, 0.4) is 0 Å². The number of aromatic nitrogens is 2. The first-order valence-electron chi connectivity index (χ1n) is 8.81. The second-order valence-electron chi connectivity index (χ2n) is 6.43. The van der Waals surface area contributed by atoms with Crippen LogP contribution in [0.1, 0.15) is 21.6 Å². The van der Waals surface area contributed by atoms with E-state index in [2.05, 4.69) is 10.3 Å². The fraction of sp³-hybridized carbons (Fsp3) is 0.0909. The molecule has 0 bridgehead atoms. The van der Waals surface area contributed by atoms with Gasteiger partial charge in [-0.25, -0.2) is 9.37 Å². The number of imidazole rings is 1. The predicted molar refractivity (Wildman–Crippen MR) is 105 cm³/mol. The number of carbonyl (C=O) groups is 1. The molecule has 4 aromatic rings. The topological polar surface area (TPSA) is 55.6 Å². The highest BCUT2D eigenvalue weighted by molar-refractivity contribution is 6.04. The fourth-order valence-corrected chi connectivity index (χ4v) is 2.87. The zero-order valence-electron chi connectivity index (χ0n) is 15.2. The van der Waals surface area contributed by atoms with Crippen molar-refractivity contribution in [1.82, 2.24) is 9.38 Å². The number of halogens is 1. The van der Waals surface area contributed by atoms with Gasteiger partial charge in [0.1, 0.15) is 23.8 Å². The van der Waals surface area contributed by atoms with Crippen molar-refractivity contribution in [2.45, 2.75) is 13.5 Å². The first-order valence-corrected chi connectivity index (χ1v) is 8.81. The Kier molecular flexibility index (Phi) is 4.76. The number of carbonyl (C=O) groups excluding carboxylic acids is 1. The number of benzene rings is 2. The molecule has 1 N–H and O–H groups in total. The summed E-state index contributed by atoms with van der Waals surface area (Å²) in [5.41, 5.74) is 3.86. The van der Waals surface area contributed by atoms with E-state index in [0.29, 0.717) is 23.6 Å². The molecule has 28 heavy (non-hydrogen) atoms. The first kappa shape index (κ1) is 17.7. The molecule has 6 heteroatoms. The Morgan fingerprint density at radius 3 is 2.57 bits per heavy atom. The Labute approximate surface area is 161 Å². The van der Waals surface area contributed by atoms with Crippen molar-refractivity contribution in [3.05, 3.63) is 95.7 Å². The second kappa shape index (κ2) is 7.52. The molecule has 1 amide bonds. The summed E-state index contributed by atoms with van der Waals surface area (Å²) in [4.78, 5) is 16.8. The fourth-order valence-electron chi connectivity index (χ4n) is 2.87. The molecule has 0 aliphatic heterocycles. The van der Waals surface area contributed by atoms with Gasteiger partial charge in [-0.1, -0.05) is 6.07 Å². The van der Waals surface area contributed by atoms with Crippen LogP contribution in [-0.2, 0) is 6.61 Å². The number of amides is 1. The van der Waals surface area contributed by atoms with E-state index in [4.69, 9.17) is 4.74 Å². The minimum Gasteiger partial charge on any atom is -0.487 e. The summed E-state index contributed by atoms with van der Waals surface area (Å²) in [6.07, 6.45) is 3.89. The number of fused-ring (bicyclic) bond motifs is 1. The molecule has 0 radical (unpaired) electrons. The van der Waals surface area contributed by atoms with E-state index in [9.17, 15) is 9.18 Å². The standard InChI is InChI=1S/C22H18FN3O2/c1-15-3-2-12-26-13-19(24-21(15)26)14-28-20-10-4-16(5-11-20)22(27)25-18-8-6-17(23)7-9-18/h2-13H,14H2,1H3,(H,25,27). The van der Waals surface area contributed by atoms with Crippen LogP contribution in [0.15, 0.2) is 73.1 Å². The Morgan fingerprint density at radius 2 is 1.86 bits per heavy atom. The monoisotopic (exact) mass is 375 g/mol. The minimum absolute atomic E-state index is 0.269. The van der Waals surface area contributed by atoms with Crippen LogP contribution >= 0.6 is 0 Å². The van der Waals surface area contributed by atoms with Gasteiger partial charge in [0.05, 0.1) is 5.69 Å². The largest absolute Gasteiger partial charge is 0.487 e. The van der Waals surface area contributed by atoms with Crippen LogP contribution in [0.5, 0.6) is 5.75 Å². The predicted octanol–water partition coefficient (Wildman–Crippen LogP) is 4.61. The number of aryl methyl sites for hydroxylation is 1. The van der Waals surface area contributed by atoms with Gasteiger partial charge in [-0.2, -0.15) is 0 Å². The average molecular weight is 375 g/mol. The van der Waals surface area contributed by atoms with Gasteiger partial charge in [0.15, 0.2) is 0 Å². The lowest BCUT2D eigenvalue weighted by atomic mass is 10.2. The van der Waals surface area contributed by atoms with Crippen LogP contribution in [0.25, 0.3) is 5.65 Å². The Morgan fingerprint density at radius 1 is 1.11 bits per heavy atom. The number of pyridine rings is 1. The summed E-state index contributed by atoms with van der Waals surface area (Å²) >= 11 is 0. The maximum absolute atomic E-state index is 12.9. The van der Waals surface area contributed by atoms with Crippen molar-refractivity contribution < 1.29 is 13.9 Å². The molecule has 0 saturated heterocycles. The number of ether oxygens (including phenoxy) is 1. The molecule has 2 aromatic heterocycles. The first-order chi connectivity index (χ1) is 13.6. The lowest BCUT2D eigenvalue weighted by Crippen LogP contribution is -2.11. The van der Waals surface area contributed by atoms with Crippen molar-refractivity contribution in [3.8, 4) is 5.75 Å². The highest BCUT2D eigenvalue weighted by Gasteiger charge is 2.08. The number of nitrogens with one attached hydrogen (secondary N) is 1. The van der Waals surface area contributed by atoms with E-state index in [1.807, 2.05) is 35.9 Å². The smallest absolute Gasteiger partial charge is 0.255 e. The van der Waals surface area contributed by atoms with Crippen molar-refractivity contribution in [2.24, 2.45) is 0 Å². The summed E-state index contributed by atoms with van der Waals surface area (Å²) in [5, 5.41) is 2.72. The lowest BCUT2D eigenvalue weighted by Gasteiger charge is -2.07. The molecule has 2 heterocycles. The van der Waals surface area contributed by atoms with E-state index in [0.717, 1.165) is 16.9 Å². The van der Waals surface area contributed by atoms with E-state index in [-0.39, 0.29) is 11.7 Å². The quantitative estimate of drug-likeness (QED) is 0.554. The molecule has 0 aliphatic carbocycles. The zero-order valence-corrected chi connectivity index (χ0v) is 15.2. The van der Waals surface area contributed by atoms with Crippen LogP contribution in [0, 0.1) is 12.7 Å². The molecule has 5 nitrogen and oxygen atoms in total. The summed E-state index contributed by atoms with van der Waals surface area (Å²) in [6.45, 7) is 2.35. The molecule has 0 fully saturated rings. The van der Waals surface area contributed by atoms with Gasteiger partial charge in [0.2, 0.25) is 0 Å². The van der Waals surface area contributed by atoms with Crippen LogP contribution < -0.4 is 10.1 Å². The Hall–Kier alpha value is -3.67. The van der Waals surface area contributed by atoms with Gasteiger partial charge >= 0.3 is 0 Å². The SMILES string of the molecule is Cc1cccn2cc(COc3ccc(C(=O)Nc4ccc(F)cc4)cc3)nc12. The molecular weight excluding hydrogens is 357 g/mol. The third kappa shape index (κ3) is 3.86. The summed E-state index contributed by atoms with van der Waals surface area (Å²) in [7, 11) is 0. The van der Waals surface area contributed by atoms with E-state index < -0.39 is 0 Å². The van der Waals surface area contributed by atoms with E-state index in [1.165, 1.54) is 24.3 Å². The van der Waals surface area contributed by atoms with E-state index >= 15 is 0 Å². The van der Waals surface area contributed by atoms with Crippen LogP contribution in [0.2, 0.25) is 0 Å². The third-order valence-electron chi connectivity index (χ3n) is 4.33. The van der Waals surface area contributed by atoms with Gasteiger partial charge in [-0.3, -0.25) is 4.79 Å². The highest BCUT2D eigenvalue weighted by atomic mass is 19.1. The molecule has 4 rings (SSSR count). The maximum atomic E-state index is 12.9. The van der Waals surface area contributed by atoms with Gasteiger partial charge in [-0.05, 0) is 67.1 Å². The molecule has 0 aliphatic rings. The number of rotatable bonds is 5. The summed E-state index contributed by atoms with van der Waals surface area (Å²) in [5.74, 6) is 0.0290. The maximum Gasteiger partial charge on any atom is 0.255 e. The normalized spacial score (nSPS) is 10.8. The number of anilines is 1. The van der Waals surface area contributed by atoms with Crippen molar-refractivity contribution in [2.75, 3.05) is 5.32 Å². The number of hydrogen-bond donors (Lipinski definition) is 1.